The van der Waals surface area contributed by atoms with Gasteiger partial charge in [-0.25, -0.2) is 4.79 Å². The number of fused-ring (bicyclic) bond motifs is 1. The van der Waals surface area contributed by atoms with Crippen molar-refractivity contribution in [1.29, 1.82) is 0 Å². The molecule has 0 spiro atoms. The number of aromatic amines is 1. The number of likely N-dealkylation sites (tertiary alicyclic amines) is 1. The molecule has 0 bridgehead atoms. The van der Waals surface area contributed by atoms with Crippen molar-refractivity contribution in [3.63, 3.8) is 0 Å². The third-order valence-electron chi connectivity index (χ3n) is 4.49. The Morgan fingerprint density at radius 3 is 3.08 bits per heavy atom. The summed E-state index contributed by atoms with van der Waals surface area (Å²) in [7, 11) is 0. The Kier molecular flexibility index (Phi) is 5.06. The van der Waals surface area contributed by atoms with Gasteiger partial charge < -0.3 is 15.6 Å². The molecule has 2 aromatic rings. The summed E-state index contributed by atoms with van der Waals surface area (Å²) in [6, 6.07) is 5.00. The first-order valence-electron chi connectivity index (χ1n) is 8.18. The van der Waals surface area contributed by atoms with Crippen molar-refractivity contribution >= 4 is 34.2 Å². The number of anilines is 1. The van der Waals surface area contributed by atoms with Gasteiger partial charge in [0.2, 0.25) is 5.43 Å². The molecule has 0 saturated carbocycles. The van der Waals surface area contributed by atoms with Crippen LogP contribution in [0.1, 0.15) is 19.8 Å². The number of rotatable bonds is 4. The largest absolute Gasteiger partial charge is 0.359 e. The molecule has 1 saturated heterocycles. The Bertz CT molecular complexity index is 805. The molecule has 1 aromatic heterocycles. The van der Waals surface area contributed by atoms with Gasteiger partial charge in [0.05, 0.1) is 5.52 Å². The second-order valence-electron chi connectivity index (χ2n) is 5.98. The van der Waals surface area contributed by atoms with Crippen LogP contribution in [-0.2, 0) is 0 Å². The summed E-state index contributed by atoms with van der Waals surface area (Å²) in [4.78, 5) is 29.9. The van der Waals surface area contributed by atoms with E-state index in [2.05, 4.69) is 27.4 Å². The van der Waals surface area contributed by atoms with Crippen molar-refractivity contribution < 1.29 is 4.79 Å². The standard InChI is InChI=1S/C17H21ClN4O2/c1-2-22-7-3-4-12(22)9-20-17(24)21-15-10-19-14-8-11(18)5-6-13(14)16(15)23/h5-6,8,10,12H,2-4,7,9H2,1H3,(H,19,23)(H2,20,21,24). The van der Waals surface area contributed by atoms with Crippen molar-refractivity contribution in [3.05, 3.63) is 39.6 Å². The Morgan fingerprint density at radius 1 is 1.46 bits per heavy atom. The van der Waals surface area contributed by atoms with E-state index in [4.69, 9.17) is 11.6 Å². The summed E-state index contributed by atoms with van der Waals surface area (Å²) in [6.07, 6.45) is 3.74. The number of halogens is 1. The van der Waals surface area contributed by atoms with Gasteiger partial charge in [0, 0.05) is 29.2 Å². The molecule has 1 aliphatic rings. The Hall–Kier alpha value is -2.05. The van der Waals surface area contributed by atoms with Crippen LogP contribution in [0.25, 0.3) is 10.9 Å². The zero-order valence-electron chi connectivity index (χ0n) is 13.6. The van der Waals surface area contributed by atoms with Gasteiger partial charge in [-0.3, -0.25) is 9.69 Å². The third-order valence-corrected chi connectivity index (χ3v) is 4.73. The molecule has 1 atom stereocenters. The van der Waals surface area contributed by atoms with Crippen LogP contribution in [0, 0.1) is 0 Å². The molecule has 0 aliphatic carbocycles. The number of aromatic nitrogens is 1. The first-order valence-corrected chi connectivity index (χ1v) is 8.56. The molecule has 0 radical (unpaired) electrons. The minimum absolute atomic E-state index is 0.223. The number of amides is 2. The Balaban J connectivity index is 1.66. The van der Waals surface area contributed by atoms with Gasteiger partial charge in [-0.05, 0) is 44.1 Å². The number of hydrogen-bond acceptors (Lipinski definition) is 3. The molecule has 1 aromatic carbocycles. The Labute approximate surface area is 145 Å². The highest BCUT2D eigenvalue weighted by Gasteiger charge is 2.23. The zero-order chi connectivity index (χ0) is 17.1. The molecule has 1 aliphatic heterocycles. The molecule has 1 unspecified atom stereocenters. The summed E-state index contributed by atoms with van der Waals surface area (Å²) in [5.41, 5.74) is 0.635. The summed E-state index contributed by atoms with van der Waals surface area (Å²) in [5, 5.41) is 6.53. The van der Waals surface area contributed by atoms with Crippen molar-refractivity contribution in [2.45, 2.75) is 25.8 Å². The lowest BCUT2D eigenvalue weighted by molar-refractivity contribution is 0.238. The number of H-pyrrole nitrogens is 1. The van der Waals surface area contributed by atoms with Crippen LogP contribution in [0.4, 0.5) is 10.5 Å². The van der Waals surface area contributed by atoms with Crippen LogP contribution in [0.5, 0.6) is 0 Å². The number of urea groups is 1. The fourth-order valence-electron chi connectivity index (χ4n) is 3.21. The number of carbonyl (C=O) groups is 1. The predicted molar refractivity (Wildman–Crippen MR) is 96.9 cm³/mol. The highest BCUT2D eigenvalue weighted by molar-refractivity contribution is 6.31. The van der Waals surface area contributed by atoms with Gasteiger partial charge >= 0.3 is 6.03 Å². The van der Waals surface area contributed by atoms with Crippen LogP contribution in [-0.4, -0.2) is 41.6 Å². The third kappa shape index (κ3) is 3.55. The molecule has 2 heterocycles. The van der Waals surface area contributed by atoms with Gasteiger partial charge in [-0.1, -0.05) is 18.5 Å². The molecular formula is C17H21ClN4O2. The quantitative estimate of drug-likeness (QED) is 0.795. The van der Waals surface area contributed by atoms with Crippen LogP contribution in [0.15, 0.2) is 29.2 Å². The summed E-state index contributed by atoms with van der Waals surface area (Å²) < 4.78 is 0. The average Bonchev–Trinajstić information content (AvgIpc) is 3.03. The fraction of sp³-hybridized carbons (Fsp3) is 0.412. The van der Waals surface area contributed by atoms with Gasteiger partial charge in [0.25, 0.3) is 0 Å². The second kappa shape index (κ2) is 7.23. The lowest BCUT2D eigenvalue weighted by Crippen LogP contribution is -2.41. The summed E-state index contributed by atoms with van der Waals surface area (Å²) >= 11 is 5.92. The monoisotopic (exact) mass is 348 g/mol. The Morgan fingerprint density at radius 2 is 2.29 bits per heavy atom. The number of nitrogens with one attached hydrogen (secondary N) is 3. The smallest absolute Gasteiger partial charge is 0.319 e. The van der Waals surface area contributed by atoms with Crippen LogP contribution >= 0.6 is 11.6 Å². The molecule has 3 rings (SSSR count). The summed E-state index contributed by atoms with van der Waals surface area (Å²) in [6.45, 7) is 4.78. The van der Waals surface area contributed by atoms with Crippen molar-refractivity contribution in [1.82, 2.24) is 15.2 Å². The lowest BCUT2D eigenvalue weighted by atomic mass is 10.2. The van der Waals surface area contributed by atoms with Crippen molar-refractivity contribution in [3.8, 4) is 0 Å². The highest BCUT2D eigenvalue weighted by atomic mass is 35.5. The maximum absolute atomic E-state index is 12.4. The molecule has 7 heteroatoms. The van der Waals surface area contributed by atoms with Crippen molar-refractivity contribution in [2.24, 2.45) is 0 Å². The van der Waals surface area contributed by atoms with Crippen molar-refractivity contribution in [2.75, 3.05) is 25.0 Å². The zero-order valence-corrected chi connectivity index (χ0v) is 14.3. The minimum Gasteiger partial charge on any atom is -0.359 e. The fourth-order valence-corrected chi connectivity index (χ4v) is 3.38. The van der Waals surface area contributed by atoms with E-state index in [1.165, 1.54) is 6.20 Å². The first-order chi connectivity index (χ1) is 11.6. The normalized spacial score (nSPS) is 18.0. The minimum atomic E-state index is -0.364. The molecule has 2 amide bonds. The van der Waals surface area contributed by atoms with E-state index >= 15 is 0 Å². The second-order valence-corrected chi connectivity index (χ2v) is 6.42. The molecule has 3 N–H and O–H groups in total. The highest BCUT2D eigenvalue weighted by Crippen LogP contribution is 2.17. The molecular weight excluding hydrogens is 328 g/mol. The van der Waals surface area contributed by atoms with Gasteiger partial charge in [0.15, 0.2) is 0 Å². The van der Waals surface area contributed by atoms with E-state index < -0.39 is 0 Å². The van der Waals surface area contributed by atoms with E-state index in [-0.39, 0.29) is 17.1 Å². The molecule has 1 fully saturated rings. The number of hydrogen-bond donors (Lipinski definition) is 3. The topological polar surface area (TPSA) is 77.2 Å². The maximum Gasteiger partial charge on any atom is 0.319 e. The molecule has 128 valence electrons. The van der Waals surface area contributed by atoms with Crippen LogP contribution in [0.3, 0.4) is 0 Å². The van der Waals surface area contributed by atoms with E-state index in [1.807, 2.05) is 0 Å². The van der Waals surface area contributed by atoms with Gasteiger partial charge in [-0.15, -0.1) is 0 Å². The maximum atomic E-state index is 12.4. The van der Waals surface area contributed by atoms with E-state index in [1.54, 1.807) is 18.2 Å². The first kappa shape index (κ1) is 16.8. The molecule has 24 heavy (non-hydrogen) atoms. The number of likely N-dealkylation sites (N-methyl/N-ethyl adjacent to an activating group) is 1. The number of pyridine rings is 1. The van der Waals surface area contributed by atoms with Gasteiger partial charge in [0.1, 0.15) is 5.69 Å². The molecule has 6 nitrogen and oxygen atoms in total. The summed E-state index contributed by atoms with van der Waals surface area (Å²) in [5.74, 6) is 0. The van der Waals surface area contributed by atoms with E-state index in [0.717, 1.165) is 25.9 Å². The SMILES string of the molecule is CCN1CCCC1CNC(=O)Nc1c[nH]c2cc(Cl)ccc2c1=O. The number of nitrogens with zero attached hydrogens (tertiary/aromatic N) is 1. The average molecular weight is 349 g/mol. The number of carbonyl (C=O) groups excluding carboxylic acids is 1. The van der Waals surface area contributed by atoms with Crippen LogP contribution < -0.4 is 16.1 Å². The van der Waals surface area contributed by atoms with Gasteiger partial charge in [-0.2, -0.15) is 0 Å². The lowest BCUT2D eigenvalue weighted by Gasteiger charge is -2.22. The van der Waals surface area contributed by atoms with E-state index in [0.29, 0.717) is 28.5 Å². The predicted octanol–water partition coefficient (Wildman–Crippen LogP) is 2.79. The number of benzene rings is 1. The van der Waals surface area contributed by atoms with E-state index in [9.17, 15) is 9.59 Å². The van der Waals surface area contributed by atoms with Crippen LogP contribution in [0.2, 0.25) is 5.02 Å².